The van der Waals surface area contributed by atoms with E-state index in [0.29, 0.717) is 65.2 Å². The monoisotopic (exact) mass is 542 g/mol. The molecule has 1 heterocycles. The Morgan fingerprint density at radius 2 is 0.645 bits per heavy atom. The van der Waals surface area contributed by atoms with E-state index >= 15 is 0 Å². The van der Waals surface area contributed by atoms with E-state index in [-0.39, 0.29) is 53.5 Å². The second kappa shape index (κ2) is 16.3. The van der Waals surface area contributed by atoms with E-state index in [1.54, 1.807) is 0 Å². The van der Waals surface area contributed by atoms with Crippen molar-refractivity contribution in [3.05, 3.63) is 0 Å². The molecule has 0 aliphatic carbocycles. The van der Waals surface area contributed by atoms with Gasteiger partial charge in [0.25, 0.3) is 0 Å². The summed E-state index contributed by atoms with van der Waals surface area (Å²) in [5.41, 5.74) is 21.5. The average molecular weight is 541 g/mol. The summed E-state index contributed by atoms with van der Waals surface area (Å²) >= 11 is 0. The smallest absolute Gasteiger partial charge is 0.231 e. The van der Waals surface area contributed by atoms with Crippen LogP contribution < -0.4 is 22.9 Å². The van der Waals surface area contributed by atoms with E-state index in [0.717, 1.165) is 0 Å². The van der Waals surface area contributed by atoms with Crippen molar-refractivity contribution in [2.24, 2.45) is 22.9 Å². The first-order valence-electron chi connectivity index (χ1n) is 10.2. The average Bonchev–Trinajstić information content (AvgIpc) is 2.60. The second-order valence-corrected chi connectivity index (χ2v) is 7.68. The van der Waals surface area contributed by atoms with Gasteiger partial charge in [0, 0.05) is 53.5 Å². The maximum Gasteiger partial charge on any atom is 0.231 e. The zero-order valence-electron chi connectivity index (χ0n) is 18.3. The summed E-state index contributed by atoms with van der Waals surface area (Å²) < 4.78 is 0. The van der Waals surface area contributed by atoms with Gasteiger partial charge in [-0.1, -0.05) is 0 Å². The Hall–Kier alpha value is -1.36. The van der Waals surface area contributed by atoms with Gasteiger partial charge < -0.3 is 22.9 Å². The van der Waals surface area contributed by atoms with Crippen molar-refractivity contribution in [2.45, 2.75) is 12.8 Å². The van der Waals surface area contributed by atoms with Crippen LogP contribution in [0.15, 0.2) is 0 Å². The van der Waals surface area contributed by atoms with Gasteiger partial charge in [-0.15, -0.1) is 0 Å². The standard InChI is InChI=1S/C18H36N8O4.Cd/c19-15(27)11-23-3-1-4-24(12-16(20)28)8-10-26(14-18(22)30)6-2-5-25(9-7-23)13-17(21)29;/h1-14H2,(H2,19,27)(H2,20,28)(H2,21,29)(H2,22,30);. The Balaban J connectivity index is 0.00000900. The van der Waals surface area contributed by atoms with Gasteiger partial charge >= 0.3 is 0 Å². The largest absolute Gasteiger partial charge is 0.369 e. The van der Waals surface area contributed by atoms with Crippen molar-refractivity contribution >= 4 is 23.6 Å². The summed E-state index contributed by atoms with van der Waals surface area (Å²) in [5, 5.41) is 0. The molecule has 0 aromatic heterocycles. The maximum atomic E-state index is 11.4. The fraction of sp³-hybridized carbons (Fsp3) is 0.778. The number of carbonyl (C=O) groups excluding carboxylic acids is 4. The third-order valence-electron chi connectivity index (χ3n) is 4.88. The molecule has 13 heteroatoms. The molecule has 174 valence electrons. The summed E-state index contributed by atoms with van der Waals surface area (Å²) in [4.78, 5) is 53.4. The molecule has 1 saturated heterocycles. The van der Waals surface area contributed by atoms with Crippen molar-refractivity contribution in [1.29, 1.82) is 0 Å². The van der Waals surface area contributed by atoms with E-state index in [1.807, 2.05) is 19.6 Å². The molecule has 12 nitrogen and oxygen atoms in total. The number of hydrogen-bond acceptors (Lipinski definition) is 8. The first kappa shape index (κ1) is 29.6. The minimum Gasteiger partial charge on any atom is -0.369 e. The molecule has 31 heavy (non-hydrogen) atoms. The molecular formula is C18H36CdN8O4. The molecule has 0 atom stereocenters. The molecule has 0 aromatic carbocycles. The van der Waals surface area contributed by atoms with E-state index in [4.69, 9.17) is 22.9 Å². The van der Waals surface area contributed by atoms with Crippen LogP contribution in [0.25, 0.3) is 0 Å². The predicted octanol–water partition coefficient (Wildman–Crippen LogP) is -4.07. The van der Waals surface area contributed by atoms with Gasteiger partial charge in [0.15, 0.2) is 0 Å². The summed E-state index contributed by atoms with van der Waals surface area (Å²) in [6, 6.07) is 0. The number of rotatable bonds is 8. The van der Waals surface area contributed by atoms with Crippen molar-refractivity contribution in [1.82, 2.24) is 19.6 Å². The van der Waals surface area contributed by atoms with Gasteiger partial charge in [-0.05, 0) is 39.0 Å². The van der Waals surface area contributed by atoms with Crippen LogP contribution >= 0.6 is 0 Å². The SMILES string of the molecule is NC(=O)CN1CCCN(CC(N)=O)CCN(CC(N)=O)CCCN(CC(N)=O)CC1.[Cd]. The van der Waals surface area contributed by atoms with Crippen LogP contribution in [0, 0.1) is 0 Å². The molecule has 8 N–H and O–H groups in total. The van der Waals surface area contributed by atoms with Crippen LogP contribution in [0.5, 0.6) is 0 Å². The molecule has 0 saturated carbocycles. The van der Waals surface area contributed by atoms with Crippen LogP contribution in [0.1, 0.15) is 12.8 Å². The molecular weight excluding hydrogens is 505 g/mol. The normalized spacial score (nSPS) is 19.1. The molecule has 0 spiro atoms. The molecule has 0 unspecified atom stereocenters. The zero-order valence-corrected chi connectivity index (χ0v) is 22.4. The zero-order chi connectivity index (χ0) is 22.5. The minimum atomic E-state index is -0.423. The van der Waals surface area contributed by atoms with Crippen LogP contribution in [0.2, 0.25) is 0 Å². The van der Waals surface area contributed by atoms with Gasteiger partial charge in [-0.2, -0.15) is 0 Å². The third-order valence-corrected chi connectivity index (χ3v) is 4.88. The predicted molar refractivity (Wildman–Crippen MR) is 112 cm³/mol. The molecule has 0 bridgehead atoms. The van der Waals surface area contributed by atoms with Gasteiger partial charge in [-0.3, -0.25) is 38.8 Å². The summed E-state index contributed by atoms with van der Waals surface area (Å²) in [5.74, 6) is -1.69. The number of hydrogen-bond donors (Lipinski definition) is 4. The Bertz CT molecular complexity index is 497. The van der Waals surface area contributed by atoms with Gasteiger partial charge in [0.2, 0.25) is 23.6 Å². The summed E-state index contributed by atoms with van der Waals surface area (Å²) in [6.07, 6.45) is 1.40. The van der Waals surface area contributed by atoms with Crippen molar-refractivity contribution in [3.8, 4) is 0 Å². The van der Waals surface area contributed by atoms with Gasteiger partial charge in [-0.25, -0.2) is 0 Å². The maximum absolute atomic E-state index is 11.4. The quantitative estimate of drug-likeness (QED) is 0.224. The third kappa shape index (κ3) is 15.1. The molecule has 4 amide bonds. The molecule has 1 aliphatic heterocycles. The number of amides is 4. The van der Waals surface area contributed by atoms with Gasteiger partial charge in [0.05, 0.1) is 26.2 Å². The van der Waals surface area contributed by atoms with E-state index in [9.17, 15) is 19.2 Å². The van der Waals surface area contributed by atoms with Crippen LogP contribution in [-0.4, -0.2) is 122 Å². The van der Waals surface area contributed by atoms with E-state index in [1.165, 1.54) is 0 Å². The van der Waals surface area contributed by atoms with Crippen molar-refractivity contribution in [2.75, 3.05) is 78.5 Å². The van der Waals surface area contributed by atoms with Gasteiger partial charge in [0.1, 0.15) is 0 Å². The number of nitrogens with zero attached hydrogens (tertiary/aromatic N) is 4. The van der Waals surface area contributed by atoms with Crippen LogP contribution in [0.4, 0.5) is 0 Å². The number of carbonyl (C=O) groups is 4. The molecule has 1 aliphatic rings. The minimum absolute atomic E-state index is 0. The summed E-state index contributed by atoms with van der Waals surface area (Å²) in [7, 11) is 0. The topological polar surface area (TPSA) is 185 Å². The van der Waals surface area contributed by atoms with E-state index < -0.39 is 23.6 Å². The molecule has 0 aromatic rings. The first-order chi connectivity index (χ1) is 14.2. The first-order valence-corrected chi connectivity index (χ1v) is 10.2. The number of nitrogens with two attached hydrogens (primary N) is 4. The van der Waals surface area contributed by atoms with Crippen LogP contribution in [0.3, 0.4) is 0 Å². The Morgan fingerprint density at radius 3 is 0.806 bits per heavy atom. The fourth-order valence-corrected chi connectivity index (χ4v) is 3.56. The molecule has 1 fully saturated rings. The summed E-state index contributed by atoms with van der Waals surface area (Å²) in [6.45, 7) is 5.10. The Morgan fingerprint density at radius 1 is 0.452 bits per heavy atom. The Labute approximate surface area is 203 Å². The van der Waals surface area contributed by atoms with Crippen molar-refractivity contribution < 1.29 is 46.5 Å². The fourth-order valence-electron chi connectivity index (χ4n) is 3.56. The van der Waals surface area contributed by atoms with Crippen molar-refractivity contribution in [3.63, 3.8) is 0 Å². The molecule has 1 rings (SSSR count). The molecule has 0 radical (unpaired) electrons. The van der Waals surface area contributed by atoms with Crippen LogP contribution in [-0.2, 0) is 46.5 Å². The second-order valence-electron chi connectivity index (χ2n) is 7.68. The number of primary amides is 4. The van der Waals surface area contributed by atoms with E-state index in [2.05, 4.69) is 0 Å². The Kier molecular flexibility index (Phi) is 15.6.